The SMILES string of the molecule is C=C(C)c1ccc2cc(-c3ccccc3)n(-c3cccc(C(=O)O)c3)c2c1. The number of benzene rings is 3. The first-order valence-electron chi connectivity index (χ1n) is 8.75. The molecule has 3 heteroatoms. The predicted octanol–water partition coefficient (Wildman–Crippen LogP) is 6.03. The largest absolute Gasteiger partial charge is 0.478 e. The van der Waals surface area contributed by atoms with Crippen LogP contribution in [-0.4, -0.2) is 15.6 Å². The third-order valence-corrected chi connectivity index (χ3v) is 4.72. The van der Waals surface area contributed by atoms with Gasteiger partial charge in [0.2, 0.25) is 0 Å². The lowest BCUT2D eigenvalue weighted by Gasteiger charge is -2.13. The highest BCUT2D eigenvalue weighted by Gasteiger charge is 2.14. The van der Waals surface area contributed by atoms with Gasteiger partial charge in [-0.2, -0.15) is 0 Å². The second-order valence-corrected chi connectivity index (χ2v) is 6.64. The third kappa shape index (κ3) is 3.04. The summed E-state index contributed by atoms with van der Waals surface area (Å²) in [5, 5.41) is 10.5. The first kappa shape index (κ1) is 16.9. The number of allylic oxidation sites excluding steroid dienone is 1. The maximum absolute atomic E-state index is 11.5. The Labute approximate surface area is 157 Å². The highest BCUT2D eigenvalue weighted by atomic mass is 16.4. The van der Waals surface area contributed by atoms with Crippen LogP contribution in [0.4, 0.5) is 0 Å². The van der Waals surface area contributed by atoms with Gasteiger partial charge in [0.25, 0.3) is 0 Å². The van der Waals surface area contributed by atoms with E-state index in [0.29, 0.717) is 0 Å². The highest BCUT2D eigenvalue weighted by molar-refractivity contribution is 5.92. The normalized spacial score (nSPS) is 10.9. The van der Waals surface area contributed by atoms with Crippen molar-refractivity contribution < 1.29 is 9.90 Å². The van der Waals surface area contributed by atoms with Crippen molar-refractivity contribution >= 4 is 22.4 Å². The summed E-state index contributed by atoms with van der Waals surface area (Å²) < 4.78 is 2.11. The molecule has 0 atom stereocenters. The van der Waals surface area contributed by atoms with Gasteiger partial charge in [-0.05, 0) is 48.4 Å². The summed E-state index contributed by atoms with van der Waals surface area (Å²) in [7, 11) is 0. The van der Waals surface area contributed by atoms with Crippen LogP contribution in [0.3, 0.4) is 0 Å². The van der Waals surface area contributed by atoms with Crippen LogP contribution in [0, 0.1) is 0 Å². The molecule has 4 rings (SSSR count). The van der Waals surface area contributed by atoms with Crippen LogP contribution in [-0.2, 0) is 0 Å². The number of rotatable bonds is 4. The predicted molar refractivity (Wildman–Crippen MR) is 110 cm³/mol. The minimum Gasteiger partial charge on any atom is -0.478 e. The number of carbonyl (C=O) groups is 1. The second kappa shape index (κ2) is 6.61. The van der Waals surface area contributed by atoms with Crippen LogP contribution in [0.15, 0.2) is 85.4 Å². The first-order chi connectivity index (χ1) is 13.0. The molecule has 0 aliphatic heterocycles. The van der Waals surface area contributed by atoms with Gasteiger partial charge in [0.05, 0.1) is 16.8 Å². The maximum Gasteiger partial charge on any atom is 0.335 e. The molecule has 0 aliphatic rings. The molecule has 3 nitrogen and oxygen atoms in total. The molecule has 0 saturated heterocycles. The summed E-state index contributed by atoms with van der Waals surface area (Å²) in [5.41, 5.74) is 6.27. The molecule has 0 unspecified atom stereocenters. The number of hydrogen-bond acceptors (Lipinski definition) is 1. The van der Waals surface area contributed by atoms with E-state index in [1.807, 2.05) is 31.2 Å². The quantitative estimate of drug-likeness (QED) is 0.487. The molecule has 0 amide bonds. The second-order valence-electron chi connectivity index (χ2n) is 6.64. The number of aromatic nitrogens is 1. The van der Waals surface area contributed by atoms with Gasteiger partial charge in [0, 0.05) is 11.1 Å². The van der Waals surface area contributed by atoms with E-state index in [-0.39, 0.29) is 5.56 Å². The van der Waals surface area contributed by atoms with Crippen molar-refractivity contribution in [2.24, 2.45) is 0 Å². The Bertz CT molecular complexity index is 1170. The number of nitrogens with zero attached hydrogens (tertiary/aromatic N) is 1. The van der Waals surface area contributed by atoms with Crippen LogP contribution < -0.4 is 0 Å². The first-order valence-corrected chi connectivity index (χ1v) is 8.75. The zero-order chi connectivity index (χ0) is 19.0. The molecule has 1 heterocycles. The van der Waals surface area contributed by atoms with Crippen molar-refractivity contribution in [1.82, 2.24) is 4.57 Å². The lowest BCUT2D eigenvalue weighted by Crippen LogP contribution is -2.01. The lowest BCUT2D eigenvalue weighted by molar-refractivity contribution is 0.0697. The Balaban J connectivity index is 2.06. The fourth-order valence-electron chi connectivity index (χ4n) is 3.34. The Hall–Kier alpha value is -3.59. The minimum atomic E-state index is -0.933. The zero-order valence-electron chi connectivity index (χ0n) is 15.0. The van der Waals surface area contributed by atoms with Crippen molar-refractivity contribution in [2.75, 3.05) is 0 Å². The summed E-state index contributed by atoms with van der Waals surface area (Å²) in [5.74, 6) is -0.933. The van der Waals surface area contributed by atoms with Crippen molar-refractivity contribution in [3.8, 4) is 16.9 Å². The fraction of sp³-hybridized carbons (Fsp3) is 0.0417. The Kier molecular flexibility index (Phi) is 4.13. The van der Waals surface area contributed by atoms with Crippen LogP contribution in [0.5, 0.6) is 0 Å². The smallest absolute Gasteiger partial charge is 0.335 e. The van der Waals surface area contributed by atoms with E-state index in [1.54, 1.807) is 18.2 Å². The van der Waals surface area contributed by atoms with Crippen LogP contribution >= 0.6 is 0 Å². The van der Waals surface area contributed by atoms with E-state index >= 15 is 0 Å². The van der Waals surface area contributed by atoms with Gasteiger partial charge in [0.1, 0.15) is 0 Å². The molecule has 4 aromatic rings. The molecule has 0 spiro atoms. The van der Waals surface area contributed by atoms with Crippen molar-refractivity contribution in [3.63, 3.8) is 0 Å². The molecule has 27 heavy (non-hydrogen) atoms. The molecular weight excluding hydrogens is 334 g/mol. The summed E-state index contributed by atoms with van der Waals surface area (Å²) in [4.78, 5) is 11.5. The maximum atomic E-state index is 11.5. The standard InChI is InChI=1S/C24H19NO2/c1-16(2)18-11-12-19-15-22(17-7-4-3-5-8-17)25(23(19)14-18)21-10-6-9-20(13-21)24(26)27/h3-15H,1H2,2H3,(H,26,27). The van der Waals surface area contributed by atoms with Gasteiger partial charge >= 0.3 is 5.97 Å². The lowest BCUT2D eigenvalue weighted by atomic mass is 10.1. The summed E-state index contributed by atoms with van der Waals surface area (Å²) in [6, 6.07) is 25.6. The summed E-state index contributed by atoms with van der Waals surface area (Å²) >= 11 is 0. The Morgan fingerprint density at radius 2 is 1.67 bits per heavy atom. The number of aromatic carboxylic acids is 1. The van der Waals surface area contributed by atoms with Crippen LogP contribution in [0.2, 0.25) is 0 Å². The topological polar surface area (TPSA) is 42.2 Å². The van der Waals surface area contributed by atoms with E-state index < -0.39 is 5.97 Å². The van der Waals surface area contributed by atoms with Crippen molar-refractivity contribution in [2.45, 2.75) is 6.92 Å². The monoisotopic (exact) mass is 353 g/mol. The molecule has 132 valence electrons. The van der Waals surface area contributed by atoms with Gasteiger partial charge in [0.15, 0.2) is 0 Å². The molecule has 0 bridgehead atoms. The van der Waals surface area contributed by atoms with Gasteiger partial charge in [-0.3, -0.25) is 0 Å². The van der Waals surface area contributed by atoms with E-state index in [0.717, 1.165) is 39.0 Å². The minimum absolute atomic E-state index is 0.268. The third-order valence-electron chi connectivity index (χ3n) is 4.72. The zero-order valence-corrected chi connectivity index (χ0v) is 15.0. The van der Waals surface area contributed by atoms with Crippen molar-refractivity contribution in [3.05, 3.63) is 96.6 Å². The molecular formula is C24H19NO2. The number of hydrogen-bond donors (Lipinski definition) is 1. The summed E-state index contributed by atoms with van der Waals surface area (Å²) in [6.45, 7) is 6.03. The molecule has 0 radical (unpaired) electrons. The van der Waals surface area contributed by atoms with Gasteiger partial charge in [-0.25, -0.2) is 4.79 Å². The number of carboxylic acid groups (broad SMARTS) is 1. The average Bonchev–Trinajstić information content (AvgIpc) is 3.07. The van der Waals surface area contributed by atoms with Gasteiger partial charge < -0.3 is 9.67 Å². The van der Waals surface area contributed by atoms with E-state index in [1.165, 1.54) is 0 Å². The van der Waals surface area contributed by atoms with Crippen molar-refractivity contribution in [1.29, 1.82) is 0 Å². The van der Waals surface area contributed by atoms with E-state index in [2.05, 4.69) is 47.5 Å². The highest BCUT2D eigenvalue weighted by Crippen LogP contribution is 2.33. The number of fused-ring (bicyclic) bond motifs is 1. The Morgan fingerprint density at radius 3 is 2.37 bits per heavy atom. The Morgan fingerprint density at radius 1 is 0.889 bits per heavy atom. The number of carboxylic acids is 1. The van der Waals surface area contributed by atoms with Gasteiger partial charge in [-0.15, -0.1) is 0 Å². The van der Waals surface area contributed by atoms with Crippen LogP contribution in [0.25, 0.3) is 33.4 Å². The molecule has 0 saturated carbocycles. The van der Waals surface area contributed by atoms with Gasteiger partial charge in [-0.1, -0.05) is 60.7 Å². The summed E-state index contributed by atoms with van der Waals surface area (Å²) in [6.07, 6.45) is 0. The molecule has 3 aromatic carbocycles. The fourth-order valence-corrected chi connectivity index (χ4v) is 3.34. The van der Waals surface area contributed by atoms with E-state index in [4.69, 9.17) is 0 Å². The molecule has 0 fully saturated rings. The molecule has 1 aromatic heterocycles. The van der Waals surface area contributed by atoms with E-state index in [9.17, 15) is 9.90 Å². The molecule has 0 aliphatic carbocycles. The van der Waals surface area contributed by atoms with Crippen LogP contribution in [0.1, 0.15) is 22.8 Å². The molecule has 1 N–H and O–H groups in total. The average molecular weight is 353 g/mol.